The predicted octanol–water partition coefficient (Wildman–Crippen LogP) is 5.46. The molecule has 0 bridgehead atoms. The van der Waals surface area contributed by atoms with Crippen LogP contribution in [0.1, 0.15) is 32.7 Å². The number of halogens is 2. The van der Waals surface area contributed by atoms with Crippen molar-refractivity contribution in [2.75, 3.05) is 0 Å². The molecule has 4 aromatic rings. The van der Waals surface area contributed by atoms with E-state index in [9.17, 15) is 9.59 Å². The molecule has 2 N–H and O–H groups in total. The smallest absolute Gasteiger partial charge is 0.307 e. The van der Waals surface area contributed by atoms with Gasteiger partial charge in [0.05, 0.1) is 6.42 Å². The van der Waals surface area contributed by atoms with Crippen molar-refractivity contribution in [3.05, 3.63) is 112 Å². The summed E-state index contributed by atoms with van der Waals surface area (Å²) in [6.07, 6.45) is 1.35. The number of carbonyl (C=O) groups is 2. The highest BCUT2D eigenvalue weighted by Crippen LogP contribution is 2.24. The fourth-order valence-electron chi connectivity index (χ4n) is 3.60. The van der Waals surface area contributed by atoms with E-state index in [0.29, 0.717) is 33.8 Å². The van der Waals surface area contributed by atoms with Gasteiger partial charge in [0.15, 0.2) is 0 Å². The first-order chi connectivity index (χ1) is 15.5. The number of carboxylic acid groups (broad SMARTS) is 1. The molecule has 33 heavy (non-hydrogen) atoms. The Morgan fingerprint density at radius 2 is 1.42 bits per heavy atom. The highest BCUT2D eigenvalue weighted by Gasteiger charge is 2.17. The number of carbonyl (C=O) groups excluding carboxylic acids is 1. The molecule has 1 heterocycles. The molecule has 0 fully saturated rings. The van der Waals surface area contributed by atoms with Crippen LogP contribution in [-0.2, 0) is 24.3 Å². The molecular weight excluding hydrogens is 459 g/mol. The maximum Gasteiger partial charge on any atom is 0.307 e. The van der Waals surface area contributed by atoms with Crippen molar-refractivity contribution in [1.29, 1.82) is 0 Å². The lowest BCUT2D eigenvalue weighted by Gasteiger charge is -2.10. The second-order valence-electron chi connectivity index (χ2n) is 7.50. The van der Waals surface area contributed by atoms with Crippen LogP contribution in [0, 0.1) is 0 Å². The summed E-state index contributed by atoms with van der Waals surface area (Å²) < 4.78 is 0. The summed E-state index contributed by atoms with van der Waals surface area (Å²) >= 11 is 5.91. The van der Waals surface area contributed by atoms with Crippen LogP contribution in [0.2, 0.25) is 5.02 Å². The number of carboxylic acids is 1. The number of fused-ring (bicyclic) bond motifs is 1. The minimum Gasteiger partial charge on any atom is -0.481 e. The van der Waals surface area contributed by atoms with E-state index in [0.717, 1.165) is 23.1 Å². The van der Waals surface area contributed by atoms with Crippen LogP contribution in [0.5, 0.6) is 0 Å². The highest BCUT2D eigenvalue weighted by molar-refractivity contribution is 6.30. The third-order valence-electron chi connectivity index (χ3n) is 5.22. The molecule has 0 spiro atoms. The number of hydrogen-bond donors (Lipinski definition) is 2. The average Bonchev–Trinajstić information content (AvgIpc) is 2.80. The van der Waals surface area contributed by atoms with E-state index in [1.807, 2.05) is 54.6 Å². The molecule has 0 unspecified atom stereocenters. The van der Waals surface area contributed by atoms with Gasteiger partial charge in [0.25, 0.3) is 0 Å². The number of pyridine rings is 1. The van der Waals surface area contributed by atoms with E-state index in [2.05, 4.69) is 10.3 Å². The summed E-state index contributed by atoms with van der Waals surface area (Å²) in [7, 11) is 0. The normalized spacial score (nSPS) is 10.6. The Morgan fingerprint density at radius 1 is 0.848 bits per heavy atom. The van der Waals surface area contributed by atoms with Crippen LogP contribution in [0.15, 0.2) is 79.0 Å². The number of aromatic nitrogens is 1. The average molecular weight is 481 g/mol. The number of aliphatic carboxylic acids is 1. The molecule has 0 saturated heterocycles. The number of ketones is 1. The Balaban J connectivity index is 0.00000306. The maximum absolute atomic E-state index is 13.1. The molecule has 0 aliphatic rings. The molecule has 7 heteroatoms. The van der Waals surface area contributed by atoms with Crippen molar-refractivity contribution < 1.29 is 14.7 Å². The first-order valence-corrected chi connectivity index (χ1v) is 10.6. The van der Waals surface area contributed by atoms with Gasteiger partial charge in [0.2, 0.25) is 5.78 Å². The van der Waals surface area contributed by atoms with E-state index in [1.54, 1.807) is 18.2 Å². The zero-order chi connectivity index (χ0) is 22.5. The standard InChI is InChI=1S/C26H21ClN2O3.ClH/c27-21-11-7-18(8-12-21)15-28-14-17-5-9-19(10-6-17)26(32)25-23-4-2-1-3-22(23)20(16-29-25)13-24(30)31;/h1-12,16,28H,13-15H2,(H,30,31);1H. The molecule has 168 valence electrons. The Bertz CT molecular complexity index is 1270. The van der Waals surface area contributed by atoms with Crippen molar-refractivity contribution in [3.8, 4) is 0 Å². The molecule has 0 aliphatic heterocycles. The number of hydrogen-bond acceptors (Lipinski definition) is 4. The van der Waals surface area contributed by atoms with Gasteiger partial charge in [-0.05, 0) is 34.2 Å². The van der Waals surface area contributed by atoms with Gasteiger partial charge in [-0.3, -0.25) is 14.6 Å². The Morgan fingerprint density at radius 3 is 2.03 bits per heavy atom. The highest BCUT2D eigenvalue weighted by atomic mass is 35.5. The van der Waals surface area contributed by atoms with Crippen LogP contribution in [0.25, 0.3) is 10.8 Å². The van der Waals surface area contributed by atoms with Gasteiger partial charge in [-0.15, -0.1) is 12.4 Å². The monoisotopic (exact) mass is 480 g/mol. The maximum atomic E-state index is 13.1. The fourth-order valence-corrected chi connectivity index (χ4v) is 3.73. The van der Waals surface area contributed by atoms with Crippen molar-refractivity contribution in [2.24, 2.45) is 0 Å². The van der Waals surface area contributed by atoms with E-state index < -0.39 is 5.97 Å². The molecule has 0 radical (unpaired) electrons. The van der Waals surface area contributed by atoms with Gasteiger partial charge in [-0.25, -0.2) is 0 Å². The summed E-state index contributed by atoms with van der Waals surface area (Å²) in [6.45, 7) is 1.39. The van der Waals surface area contributed by atoms with Gasteiger partial charge in [0.1, 0.15) is 5.69 Å². The van der Waals surface area contributed by atoms with Gasteiger partial charge < -0.3 is 10.4 Å². The molecule has 1 aromatic heterocycles. The van der Waals surface area contributed by atoms with Crippen LogP contribution in [0.3, 0.4) is 0 Å². The van der Waals surface area contributed by atoms with Crippen LogP contribution >= 0.6 is 24.0 Å². The molecule has 0 aliphatic carbocycles. The molecule has 0 amide bonds. The fraction of sp³-hybridized carbons (Fsp3) is 0.115. The Labute approximate surface area is 202 Å². The number of benzene rings is 3. The topological polar surface area (TPSA) is 79.3 Å². The third-order valence-corrected chi connectivity index (χ3v) is 5.47. The zero-order valence-electron chi connectivity index (χ0n) is 17.6. The molecule has 0 atom stereocenters. The van der Waals surface area contributed by atoms with Crippen LogP contribution < -0.4 is 5.32 Å². The zero-order valence-corrected chi connectivity index (χ0v) is 19.2. The minimum atomic E-state index is -0.934. The molecule has 3 aromatic carbocycles. The van der Waals surface area contributed by atoms with Gasteiger partial charge in [-0.1, -0.05) is 72.3 Å². The molecule has 0 saturated carbocycles. The molecule has 4 rings (SSSR count). The number of nitrogens with zero attached hydrogens (tertiary/aromatic N) is 1. The quantitative estimate of drug-likeness (QED) is 0.327. The number of nitrogens with one attached hydrogen (secondary N) is 1. The van der Waals surface area contributed by atoms with Crippen molar-refractivity contribution in [3.63, 3.8) is 0 Å². The van der Waals surface area contributed by atoms with E-state index in [4.69, 9.17) is 16.7 Å². The summed E-state index contributed by atoms with van der Waals surface area (Å²) in [4.78, 5) is 28.6. The SMILES string of the molecule is Cl.O=C(O)Cc1cnc(C(=O)c2ccc(CNCc3ccc(Cl)cc3)cc2)c2ccccc12. The second-order valence-corrected chi connectivity index (χ2v) is 7.94. The summed E-state index contributed by atoms with van der Waals surface area (Å²) in [5.74, 6) is -1.12. The first-order valence-electron chi connectivity index (χ1n) is 10.2. The summed E-state index contributed by atoms with van der Waals surface area (Å²) in [6, 6.07) is 22.4. The van der Waals surface area contributed by atoms with Crippen molar-refractivity contribution in [1.82, 2.24) is 10.3 Å². The third kappa shape index (κ3) is 5.96. The lowest BCUT2D eigenvalue weighted by molar-refractivity contribution is -0.136. The van der Waals surface area contributed by atoms with E-state index in [1.165, 1.54) is 6.20 Å². The molecule has 5 nitrogen and oxygen atoms in total. The van der Waals surface area contributed by atoms with Gasteiger partial charge >= 0.3 is 5.97 Å². The van der Waals surface area contributed by atoms with Crippen molar-refractivity contribution in [2.45, 2.75) is 19.5 Å². The Hall–Kier alpha value is -3.25. The summed E-state index contributed by atoms with van der Waals surface area (Å²) in [5, 5.41) is 14.6. The van der Waals surface area contributed by atoms with E-state index in [-0.39, 0.29) is 24.6 Å². The van der Waals surface area contributed by atoms with Crippen molar-refractivity contribution >= 4 is 46.5 Å². The molecular formula is C26H22Cl2N2O3. The van der Waals surface area contributed by atoms with E-state index >= 15 is 0 Å². The predicted molar refractivity (Wildman–Crippen MR) is 132 cm³/mol. The first kappa shape index (κ1) is 24.4. The summed E-state index contributed by atoms with van der Waals surface area (Å²) in [5.41, 5.74) is 3.65. The minimum absolute atomic E-state index is 0. The lowest BCUT2D eigenvalue weighted by atomic mass is 9.98. The second kappa shape index (κ2) is 11.1. The largest absolute Gasteiger partial charge is 0.481 e. The lowest BCUT2D eigenvalue weighted by Crippen LogP contribution is -2.13. The number of rotatable bonds is 8. The van der Waals surface area contributed by atoms with Crippen LogP contribution in [-0.4, -0.2) is 21.8 Å². The van der Waals surface area contributed by atoms with Gasteiger partial charge in [-0.2, -0.15) is 0 Å². The van der Waals surface area contributed by atoms with Crippen LogP contribution in [0.4, 0.5) is 0 Å². The van der Waals surface area contributed by atoms with Gasteiger partial charge in [0, 0.05) is 35.3 Å². The Kier molecular flexibility index (Phi) is 8.17.